The molecule has 0 saturated carbocycles. The minimum atomic E-state index is -0.536. The number of halogens is 2. The van der Waals surface area contributed by atoms with Crippen LogP contribution < -0.4 is 16.2 Å². The summed E-state index contributed by atoms with van der Waals surface area (Å²) in [5.74, 6) is -1.50. The topological polar surface area (TPSA) is 73.5 Å². The van der Waals surface area contributed by atoms with Gasteiger partial charge in [0.2, 0.25) is 11.8 Å². The fraction of sp³-hybridized carbons (Fsp3) is 0.529. The molecule has 3 N–H and O–H groups in total. The highest BCUT2D eigenvalue weighted by Crippen LogP contribution is 2.21. The molecule has 2 aliphatic heterocycles. The largest absolute Gasteiger partial charge is 0.352 e. The summed E-state index contributed by atoms with van der Waals surface area (Å²) in [5.41, 5.74) is 5.57. The molecule has 1 aromatic rings. The number of carbonyl (C=O) groups is 2. The fourth-order valence-corrected chi connectivity index (χ4v) is 3.42. The number of piperidine rings is 1. The molecular formula is C17H22F2N4O2. The Labute approximate surface area is 144 Å². The van der Waals surface area contributed by atoms with Crippen molar-refractivity contribution in [2.75, 3.05) is 19.6 Å². The average Bonchev–Trinajstić information content (AvgIpc) is 2.62. The number of nitrogens with zero attached hydrogens (tertiary/aromatic N) is 1. The van der Waals surface area contributed by atoms with Crippen molar-refractivity contribution in [1.29, 1.82) is 0 Å². The van der Waals surface area contributed by atoms with Gasteiger partial charge in [-0.05, 0) is 37.6 Å². The van der Waals surface area contributed by atoms with Crippen molar-refractivity contribution in [3.8, 4) is 0 Å². The summed E-state index contributed by atoms with van der Waals surface area (Å²) in [7, 11) is 0. The lowest BCUT2D eigenvalue weighted by Gasteiger charge is -2.39. The van der Waals surface area contributed by atoms with Crippen LogP contribution in [0.2, 0.25) is 0 Å². The first-order chi connectivity index (χ1) is 12.0. The summed E-state index contributed by atoms with van der Waals surface area (Å²) < 4.78 is 26.8. The van der Waals surface area contributed by atoms with E-state index < -0.39 is 11.6 Å². The van der Waals surface area contributed by atoms with E-state index in [4.69, 9.17) is 0 Å². The van der Waals surface area contributed by atoms with Crippen LogP contribution in [-0.2, 0) is 16.1 Å². The van der Waals surface area contributed by atoms with Gasteiger partial charge in [0.1, 0.15) is 11.6 Å². The molecule has 2 aliphatic rings. The van der Waals surface area contributed by atoms with Crippen LogP contribution >= 0.6 is 0 Å². The highest BCUT2D eigenvalue weighted by atomic mass is 19.1. The lowest BCUT2D eigenvalue weighted by molar-refractivity contribution is -0.128. The third-order valence-corrected chi connectivity index (χ3v) is 4.79. The maximum absolute atomic E-state index is 13.6. The molecule has 6 nitrogen and oxygen atoms in total. The second-order valence-electron chi connectivity index (χ2n) is 6.57. The summed E-state index contributed by atoms with van der Waals surface area (Å²) in [6.45, 7) is 2.03. The molecule has 2 atom stereocenters. The highest BCUT2D eigenvalue weighted by molar-refractivity contribution is 5.79. The van der Waals surface area contributed by atoms with Gasteiger partial charge in [-0.1, -0.05) is 0 Å². The van der Waals surface area contributed by atoms with Crippen LogP contribution in [-0.4, -0.2) is 42.4 Å². The Balaban J connectivity index is 1.54. The molecule has 25 heavy (non-hydrogen) atoms. The molecule has 0 aromatic heterocycles. The van der Waals surface area contributed by atoms with E-state index in [1.54, 1.807) is 0 Å². The molecule has 2 fully saturated rings. The van der Waals surface area contributed by atoms with Crippen molar-refractivity contribution in [2.45, 2.75) is 31.8 Å². The number of hydrogen-bond donors (Lipinski definition) is 3. The van der Waals surface area contributed by atoms with E-state index in [9.17, 15) is 18.4 Å². The number of nitrogens with one attached hydrogen (secondary N) is 3. The van der Waals surface area contributed by atoms with Gasteiger partial charge < -0.3 is 5.32 Å². The Hall–Kier alpha value is -2.06. The monoisotopic (exact) mass is 352 g/mol. The number of benzene rings is 1. The molecule has 8 heteroatoms. The van der Waals surface area contributed by atoms with E-state index in [1.165, 1.54) is 0 Å². The maximum Gasteiger partial charge on any atom is 0.235 e. The smallest absolute Gasteiger partial charge is 0.235 e. The number of rotatable bonds is 4. The Morgan fingerprint density at radius 1 is 1.36 bits per heavy atom. The molecule has 2 heterocycles. The standard InChI is InChI=1S/C17H22F2N4O2/c18-13-3-4-15(19)12(6-13)8-20-17(25)11-2-1-5-23(10-11)14-7-16(24)22-21-9-14/h3-4,6,11,14,21H,1-2,5,7-10H2,(H,20,25)(H,22,24). The molecular weight excluding hydrogens is 330 g/mol. The van der Waals surface area contributed by atoms with Crippen molar-refractivity contribution in [1.82, 2.24) is 21.1 Å². The van der Waals surface area contributed by atoms with Gasteiger partial charge in [-0.25, -0.2) is 14.2 Å². The van der Waals surface area contributed by atoms with Crippen molar-refractivity contribution < 1.29 is 18.4 Å². The average molecular weight is 352 g/mol. The number of likely N-dealkylation sites (tertiary alicyclic amines) is 1. The van der Waals surface area contributed by atoms with Crippen LogP contribution in [0.5, 0.6) is 0 Å². The SMILES string of the molecule is O=C1CC(N2CCCC(C(=O)NCc3cc(F)ccc3F)C2)CNN1. The maximum atomic E-state index is 13.6. The van der Waals surface area contributed by atoms with Gasteiger partial charge in [0.15, 0.2) is 0 Å². The molecule has 2 unspecified atom stereocenters. The zero-order valence-corrected chi connectivity index (χ0v) is 13.9. The van der Waals surface area contributed by atoms with E-state index in [0.717, 1.165) is 37.6 Å². The third kappa shape index (κ3) is 4.52. The van der Waals surface area contributed by atoms with Crippen molar-refractivity contribution in [2.24, 2.45) is 5.92 Å². The number of hydrogen-bond acceptors (Lipinski definition) is 4. The van der Waals surface area contributed by atoms with Crippen LogP contribution in [0.25, 0.3) is 0 Å². The van der Waals surface area contributed by atoms with Crippen molar-refractivity contribution in [3.05, 3.63) is 35.4 Å². The quantitative estimate of drug-likeness (QED) is 0.745. The number of amides is 2. The Morgan fingerprint density at radius 2 is 2.20 bits per heavy atom. The lowest BCUT2D eigenvalue weighted by atomic mass is 9.94. The van der Waals surface area contributed by atoms with Crippen LogP contribution in [0.4, 0.5) is 8.78 Å². The first-order valence-electron chi connectivity index (χ1n) is 8.50. The van der Waals surface area contributed by atoms with Crippen molar-refractivity contribution >= 4 is 11.8 Å². The van der Waals surface area contributed by atoms with E-state index in [1.807, 2.05) is 0 Å². The van der Waals surface area contributed by atoms with Crippen LogP contribution in [0.1, 0.15) is 24.8 Å². The second-order valence-corrected chi connectivity index (χ2v) is 6.57. The van der Waals surface area contributed by atoms with Gasteiger partial charge in [-0.2, -0.15) is 0 Å². The lowest BCUT2D eigenvalue weighted by Crippen LogP contribution is -2.57. The summed E-state index contributed by atoms with van der Waals surface area (Å²) in [5, 5.41) is 2.70. The van der Waals surface area contributed by atoms with Gasteiger partial charge in [0, 0.05) is 37.7 Å². The van der Waals surface area contributed by atoms with Gasteiger partial charge in [-0.3, -0.25) is 19.9 Å². The van der Waals surface area contributed by atoms with Crippen LogP contribution in [0.15, 0.2) is 18.2 Å². The van der Waals surface area contributed by atoms with Gasteiger partial charge >= 0.3 is 0 Å². The first kappa shape index (κ1) is 17.8. The minimum Gasteiger partial charge on any atom is -0.352 e. The molecule has 2 saturated heterocycles. The molecule has 2 amide bonds. The minimum absolute atomic E-state index is 0.0354. The van der Waals surface area contributed by atoms with Gasteiger partial charge in [0.05, 0.1) is 5.92 Å². The molecule has 136 valence electrons. The Bertz CT molecular complexity index is 656. The highest BCUT2D eigenvalue weighted by Gasteiger charge is 2.32. The van der Waals surface area contributed by atoms with E-state index in [0.29, 0.717) is 19.5 Å². The molecule has 0 spiro atoms. The van der Waals surface area contributed by atoms with E-state index in [2.05, 4.69) is 21.1 Å². The normalized spacial score (nSPS) is 24.6. The summed E-state index contributed by atoms with van der Waals surface area (Å²) in [6.07, 6.45) is 2.03. The third-order valence-electron chi connectivity index (χ3n) is 4.79. The summed E-state index contributed by atoms with van der Waals surface area (Å²) >= 11 is 0. The molecule has 1 aromatic carbocycles. The first-order valence-corrected chi connectivity index (χ1v) is 8.50. The predicted molar refractivity (Wildman–Crippen MR) is 87.1 cm³/mol. The number of hydrazine groups is 1. The molecule has 0 aliphatic carbocycles. The molecule has 3 rings (SSSR count). The second kappa shape index (κ2) is 7.88. The fourth-order valence-electron chi connectivity index (χ4n) is 3.42. The molecule has 0 radical (unpaired) electrons. The summed E-state index contributed by atoms with van der Waals surface area (Å²) in [6, 6.07) is 3.27. The predicted octanol–water partition coefficient (Wildman–Crippen LogP) is 0.686. The Morgan fingerprint density at radius 3 is 3.00 bits per heavy atom. The zero-order chi connectivity index (χ0) is 17.8. The van der Waals surface area contributed by atoms with Crippen LogP contribution in [0, 0.1) is 17.6 Å². The zero-order valence-electron chi connectivity index (χ0n) is 13.9. The van der Waals surface area contributed by atoms with E-state index in [-0.39, 0.29) is 35.9 Å². The van der Waals surface area contributed by atoms with Crippen LogP contribution in [0.3, 0.4) is 0 Å². The van der Waals surface area contributed by atoms with Gasteiger partial charge in [0.25, 0.3) is 0 Å². The van der Waals surface area contributed by atoms with Crippen molar-refractivity contribution in [3.63, 3.8) is 0 Å². The molecule has 0 bridgehead atoms. The van der Waals surface area contributed by atoms with Gasteiger partial charge in [-0.15, -0.1) is 0 Å². The Kier molecular flexibility index (Phi) is 5.60. The summed E-state index contributed by atoms with van der Waals surface area (Å²) in [4.78, 5) is 26.1. The van der Waals surface area contributed by atoms with E-state index >= 15 is 0 Å². The number of carbonyl (C=O) groups excluding carboxylic acids is 2.